The van der Waals surface area contributed by atoms with Gasteiger partial charge in [-0.1, -0.05) is 6.08 Å². The van der Waals surface area contributed by atoms with Crippen LogP contribution in [0.3, 0.4) is 0 Å². The molecule has 2 aliphatic heterocycles. The van der Waals surface area contributed by atoms with Crippen LogP contribution >= 0.6 is 0 Å². The molecule has 0 bridgehead atoms. The summed E-state index contributed by atoms with van der Waals surface area (Å²) < 4.78 is 7.39. The molecule has 1 aliphatic carbocycles. The molecule has 3 aliphatic rings. The van der Waals surface area contributed by atoms with Crippen LogP contribution in [0, 0.1) is 0 Å². The van der Waals surface area contributed by atoms with E-state index in [4.69, 9.17) is 4.74 Å². The van der Waals surface area contributed by atoms with Crippen molar-refractivity contribution in [1.29, 1.82) is 0 Å². The Bertz CT molecular complexity index is 1340. The van der Waals surface area contributed by atoms with Gasteiger partial charge in [0.1, 0.15) is 11.9 Å². The van der Waals surface area contributed by atoms with E-state index in [1.54, 1.807) is 19.5 Å². The summed E-state index contributed by atoms with van der Waals surface area (Å²) >= 11 is 0. The van der Waals surface area contributed by atoms with Crippen LogP contribution in [0.1, 0.15) is 42.0 Å². The first kappa shape index (κ1) is 19.2. The predicted molar refractivity (Wildman–Crippen MR) is 113 cm³/mol. The third kappa shape index (κ3) is 3.18. The van der Waals surface area contributed by atoms with Crippen molar-refractivity contribution in [2.24, 2.45) is 4.99 Å². The molecule has 3 aromatic rings. The number of hydrogen-bond acceptors (Lipinski definition) is 8. The van der Waals surface area contributed by atoms with Gasteiger partial charge >= 0.3 is 0 Å². The van der Waals surface area contributed by atoms with Crippen molar-refractivity contribution in [2.45, 2.75) is 30.7 Å². The van der Waals surface area contributed by atoms with E-state index in [1.807, 2.05) is 17.0 Å². The van der Waals surface area contributed by atoms with Gasteiger partial charge in [0.05, 0.1) is 31.0 Å². The van der Waals surface area contributed by atoms with Gasteiger partial charge in [0.15, 0.2) is 11.3 Å². The molecule has 1 saturated carbocycles. The maximum atomic E-state index is 12.9. The summed E-state index contributed by atoms with van der Waals surface area (Å²) in [7, 11) is 3.64. The average Bonchev–Trinajstić information content (AvgIpc) is 3.52. The van der Waals surface area contributed by atoms with Crippen molar-refractivity contribution in [2.75, 3.05) is 27.2 Å². The van der Waals surface area contributed by atoms with E-state index in [9.17, 15) is 4.79 Å². The number of aromatic nitrogens is 6. The number of fused-ring (bicyclic) bond motifs is 1. The number of nitrogens with zero attached hydrogens (tertiary/aromatic N) is 8. The average molecular weight is 430 g/mol. The molecule has 1 saturated heterocycles. The molecule has 10 nitrogen and oxygen atoms in total. The Kier molecular flexibility index (Phi) is 4.35. The lowest BCUT2D eigenvalue weighted by Crippen LogP contribution is -2.45. The van der Waals surface area contributed by atoms with Crippen LogP contribution in [-0.4, -0.2) is 67.8 Å². The van der Waals surface area contributed by atoms with Crippen molar-refractivity contribution < 1.29 is 9.53 Å². The minimum atomic E-state index is -0.486. The number of likely N-dealkylation sites (tertiary alicyclic amines) is 1. The van der Waals surface area contributed by atoms with Gasteiger partial charge in [-0.3, -0.25) is 9.48 Å². The van der Waals surface area contributed by atoms with Gasteiger partial charge in [-0.2, -0.15) is 10.1 Å². The van der Waals surface area contributed by atoms with Crippen LogP contribution in [0.4, 0.5) is 0 Å². The Morgan fingerprint density at radius 3 is 2.72 bits per heavy atom. The minimum Gasteiger partial charge on any atom is -0.480 e. The summed E-state index contributed by atoms with van der Waals surface area (Å²) in [5, 5.41) is 5.18. The molecular weight excluding hydrogens is 408 g/mol. The monoisotopic (exact) mass is 430 g/mol. The maximum absolute atomic E-state index is 12.9. The Balaban J connectivity index is 1.37. The van der Waals surface area contributed by atoms with Crippen molar-refractivity contribution in [3.63, 3.8) is 0 Å². The highest BCUT2D eigenvalue weighted by molar-refractivity contribution is 5.91. The van der Waals surface area contributed by atoms with Gasteiger partial charge in [0, 0.05) is 42.2 Å². The molecule has 3 aromatic heterocycles. The van der Waals surface area contributed by atoms with E-state index in [0.717, 1.165) is 42.4 Å². The first-order valence-corrected chi connectivity index (χ1v) is 10.7. The van der Waals surface area contributed by atoms with E-state index in [-0.39, 0.29) is 5.91 Å². The van der Waals surface area contributed by atoms with Crippen molar-refractivity contribution in [3.8, 4) is 17.3 Å². The second kappa shape index (κ2) is 7.27. The SMILES string of the molecule is COc1ncnc(C2CC2)c1-c1ncc2c(n1)=NC(=O)C(c1cnn(C3CN(C)C3)c1)C=2. The van der Waals surface area contributed by atoms with Crippen molar-refractivity contribution in [1.82, 2.24) is 34.6 Å². The Morgan fingerprint density at radius 1 is 1.12 bits per heavy atom. The molecule has 162 valence electrons. The van der Waals surface area contributed by atoms with Crippen LogP contribution in [0.15, 0.2) is 29.9 Å². The molecule has 0 aromatic carbocycles. The Morgan fingerprint density at radius 2 is 1.97 bits per heavy atom. The number of carbonyl (C=O) groups excluding carboxylic acids is 1. The first-order valence-electron chi connectivity index (χ1n) is 10.7. The van der Waals surface area contributed by atoms with E-state index in [2.05, 4.69) is 42.0 Å². The second-order valence-electron chi connectivity index (χ2n) is 8.61. The summed E-state index contributed by atoms with van der Waals surface area (Å²) in [6.07, 6.45) is 10.9. The summed E-state index contributed by atoms with van der Waals surface area (Å²) in [5.74, 6) is 0.475. The van der Waals surface area contributed by atoms with Crippen LogP contribution in [0.2, 0.25) is 0 Å². The highest BCUT2D eigenvalue weighted by Crippen LogP contribution is 2.44. The smallest absolute Gasteiger partial charge is 0.259 e. The summed E-state index contributed by atoms with van der Waals surface area (Å²) in [5.41, 5.74) is 2.75. The standard InChI is InChI=1S/C22H22N8O2/c1-29-9-15(10-29)30-8-14(7-26-30)16-5-13-6-23-20(27-19(13)28-21(16)31)17-18(12-3-4-12)24-11-25-22(17)32-2/h5-8,11-12,15-16H,3-4,9-10H2,1-2H3. The highest BCUT2D eigenvalue weighted by Gasteiger charge is 2.32. The van der Waals surface area contributed by atoms with Gasteiger partial charge in [-0.25, -0.2) is 19.9 Å². The molecule has 6 rings (SSSR count). The molecule has 0 N–H and O–H groups in total. The molecular formula is C22H22N8O2. The topological polar surface area (TPSA) is 111 Å². The summed E-state index contributed by atoms with van der Waals surface area (Å²) in [6.45, 7) is 1.92. The van der Waals surface area contributed by atoms with E-state index < -0.39 is 5.92 Å². The fraction of sp³-hybridized carbons (Fsp3) is 0.409. The number of amides is 1. The summed E-state index contributed by atoms with van der Waals surface area (Å²) in [6, 6.07) is 0.353. The largest absolute Gasteiger partial charge is 0.480 e. The van der Waals surface area contributed by atoms with Gasteiger partial charge in [-0.05, 0) is 19.9 Å². The fourth-order valence-electron chi connectivity index (χ4n) is 4.33. The number of carbonyl (C=O) groups is 1. The van der Waals surface area contributed by atoms with Gasteiger partial charge in [-0.15, -0.1) is 0 Å². The molecule has 2 fully saturated rings. The molecule has 32 heavy (non-hydrogen) atoms. The lowest BCUT2D eigenvalue weighted by Gasteiger charge is -2.36. The fourth-order valence-corrected chi connectivity index (χ4v) is 4.33. The van der Waals surface area contributed by atoms with E-state index in [0.29, 0.717) is 34.7 Å². The lowest BCUT2D eigenvalue weighted by molar-refractivity contribution is -0.118. The van der Waals surface area contributed by atoms with Crippen LogP contribution < -0.4 is 15.4 Å². The van der Waals surface area contributed by atoms with Gasteiger partial charge in [0.2, 0.25) is 5.88 Å². The molecule has 10 heteroatoms. The van der Waals surface area contributed by atoms with Crippen molar-refractivity contribution in [3.05, 3.63) is 46.9 Å². The number of likely N-dealkylation sites (N-methyl/N-ethyl adjacent to an activating group) is 1. The highest BCUT2D eigenvalue weighted by atomic mass is 16.5. The third-order valence-electron chi connectivity index (χ3n) is 6.25. The summed E-state index contributed by atoms with van der Waals surface area (Å²) in [4.78, 5) is 37.2. The van der Waals surface area contributed by atoms with E-state index in [1.165, 1.54) is 6.33 Å². The molecule has 5 heterocycles. The normalized spacial score (nSPS) is 20.8. The van der Waals surface area contributed by atoms with Crippen LogP contribution in [-0.2, 0) is 4.79 Å². The maximum Gasteiger partial charge on any atom is 0.259 e. The van der Waals surface area contributed by atoms with Crippen LogP contribution in [0.5, 0.6) is 5.88 Å². The number of methoxy groups -OCH3 is 1. The van der Waals surface area contributed by atoms with E-state index >= 15 is 0 Å². The van der Waals surface area contributed by atoms with Crippen molar-refractivity contribution >= 4 is 12.0 Å². The zero-order valence-electron chi connectivity index (χ0n) is 17.8. The molecule has 1 unspecified atom stereocenters. The molecule has 0 radical (unpaired) electrons. The second-order valence-corrected chi connectivity index (χ2v) is 8.61. The number of hydrogen-bond donors (Lipinski definition) is 0. The molecule has 1 atom stereocenters. The Labute approximate surface area is 183 Å². The third-order valence-corrected chi connectivity index (χ3v) is 6.25. The quantitative estimate of drug-likeness (QED) is 0.566. The number of rotatable bonds is 5. The Hall–Kier alpha value is -3.53. The zero-order chi connectivity index (χ0) is 21.8. The zero-order valence-corrected chi connectivity index (χ0v) is 17.8. The molecule has 0 spiro atoms. The van der Waals surface area contributed by atoms with Crippen LogP contribution in [0.25, 0.3) is 17.5 Å². The minimum absolute atomic E-state index is 0.258. The van der Waals surface area contributed by atoms with Gasteiger partial charge < -0.3 is 9.64 Å². The molecule has 1 amide bonds. The number of ether oxygens (including phenoxy) is 1. The predicted octanol–water partition coefficient (Wildman–Crippen LogP) is 0.227. The van der Waals surface area contributed by atoms with Gasteiger partial charge in [0.25, 0.3) is 5.91 Å². The lowest BCUT2D eigenvalue weighted by atomic mass is 9.99. The first-order chi connectivity index (χ1) is 15.6.